The van der Waals surface area contributed by atoms with Crippen LogP contribution in [0.5, 0.6) is 0 Å². The van der Waals surface area contributed by atoms with Crippen molar-refractivity contribution in [2.75, 3.05) is 33.2 Å². The number of aryl methyl sites for hydroxylation is 1. The fourth-order valence-electron chi connectivity index (χ4n) is 2.25. The molecule has 0 bridgehead atoms. The summed E-state index contributed by atoms with van der Waals surface area (Å²) in [5.41, 5.74) is 0. The molecular weight excluding hydrogens is 409 g/mol. The number of halogens is 1. The predicted molar refractivity (Wildman–Crippen MR) is 108 cm³/mol. The van der Waals surface area contributed by atoms with Gasteiger partial charge in [-0.2, -0.15) is 0 Å². The second kappa shape index (κ2) is 12.1. The van der Waals surface area contributed by atoms with E-state index in [9.17, 15) is 0 Å². The van der Waals surface area contributed by atoms with E-state index in [0.717, 1.165) is 38.6 Å². The van der Waals surface area contributed by atoms with Crippen molar-refractivity contribution in [1.29, 1.82) is 0 Å². The molecule has 0 aliphatic heterocycles. The highest BCUT2D eigenvalue weighted by Gasteiger charge is 2.10. The summed E-state index contributed by atoms with van der Waals surface area (Å²) in [4.78, 5) is 12.3. The molecule has 22 heavy (non-hydrogen) atoms. The summed E-state index contributed by atoms with van der Waals surface area (Å²) in [5, 5.41) is 7.91. The van der Waals surface area contributed by atoms with Gasteiger partial charge in [0.05, 0.1) is 5.01 Å². The number of aromatic nitrogens is 1. The van der Waals surface area contributed by atoms with Gasteiger partial charge in [-0.05, 0) is 26.9 Å². The van der Waals surface area contributed by atoms with Gasteiger partial charge in [-0.25, -0.2) is 4.98 Å². The highest BCUT2D eigenvalue weighted by molar-refractivity contribution is 14.0. The van der Waals surface area contributed by atoms with Crippen LogP contribution in [0.15, 0.2) is 11.2 Å². The first-order valence-electron chi connectivity index (χ1n) is 7.70. The van der Waals surface area contributed by atoms with Gasteiger partial charge < -0.3 is 10.6 Å². The van der Waals surface area contributed by atoms with E-state index in [4.69, 9.17) is 0 Å². The molecule has 5 nitrogen and oxygen atoms in total. The van der Waals surface area contributed by atoms with Crippen molar-refractivity contribution in [3.63, 3.8) is 0 Å². The van der Waals surface area contributed by atoms with Crippen LogP contribution in [0.1, 0.15) is 30.7 Å². The summed E-state index contributed by atoms with van der Waals surface area (Å²) in [6.07, 6.45) is 2.86. The first-order chi connectivity index (χ1) is 10.1. The van der Waals surface area contributed by atoms with Crippen molar-refractivity contribution < 1.29 is 0 Å². The number of hydrogen-bond donors (Lipinski definition) is 2. The van der Waals surface area contributed by atoms with Gasteiger partial charge in [-0.1, -0.05) is 13.8 Å². The van der Waals surface area contributed by atoms with Crippen molar-refractivity contribution in [1.82, 2.24) is 20.5 Å². The van der Waals surface area contributed by atoms with Gasteiger partial charge in [0.2, 0.25) is 0 Å². The van der Waals surface area contributed by atoms with Crippen LogP contribution >= 0.6 is 35.3 Å². The molecule has 1 aromatic heterocycles. The first kappa shape index (κ1) is 21.6. The number of guanidine groups is 1. The average Bonchev–Trinajstić information content (AvgIpc) is 2.89. The molecule has 0 aliphatic carbocycles. The Labute approximate surface area is 156 Å². The number of hydrogen-bond acceptors (Lipinski definition) is 4. The molecule has 0 aromatic carbocycles. The van der Waals surface area contributed by atoms with Gasteiger partial charge >= 0.3 is 0 Å². The molecule has 0 aliphatic rings. The van der Waals surface area contributed by atoms with E-state index in [1.165, 1.54) is 9.88 Å². The van der Waals surface area contributed by atoms with Gasteiger partial charge in [0.25, 0.3) is 0 Å². The molecule has 1 unspecified atom stereocenters. The molecule has 0 saturated heterocycles. The minimum atomic E-state index is 0. The molecule has 2 N–H and O–H groups in total. The van der Waals surface area contributed by atoms with Crippen molar-refractivity contribution in [2.24, 2.45) is 4.99 Å². The number of rotatable bonds is 8. The molecule has 7 heteroatoms. The Morgan fingerprint density at radius 3 is 2.55 bits per heavy atom. The zero-order chi connectivity index (χ0) is 15.7. The predicted octanol–water partition coefficient (Wildman–Crippen LogP) is 2.51. The van der Waals surface area contributed by atoms with Gasteiger partial charge in [0.15, 0.2) is 5.96 Å². The Morgan fingerprint density at radius 2 is 2.05 bits per heavy atom. The van der Waals surface area contributed by atoms with E-state index in [1.807, 2.05) is 13.2 Å². The molecule has 0 spiro atoms. The number of nitrogens with one attached hydrogen (secondary N) is 2. The van der Waals surface area contributed by atoms with Gasteiger partial charge in [0.1, 0.15) is 0 Å². The lowest BCUT2D eigenvalue weighted by molar-refractivity contribution is 0.231. The third-order valence-electron chi connectivity index (χ3n) is 3.52. The first-order valence-corrected chi connectivity index (χ1v) is 8.52. The van der Waals surface area contributed by atoms with Gasteiger partial charge in [-0.15, -0.1) is 35.3 Å². The Hall–Kier alpha value is -0.410. The topological polar surface area (TPSA) is 52.5 Å². The van der Waals surface area contributed by atoms with E-state index in [0.29, 0.717) is 6.04 Å². The fraction of sp³-hybridized carbons (Fsp3) is 0.733. The zero-order valence-electron chi connectivity index (χ0n) is 14.3. The highest BCUT2D eigenvalue weighted by atomic mass is 127. The van der Waals surface area contributed by atoms with Crippen LogP contribution in [0.3, 0.4) is 0 Å². The van der Waals surface area contributed by atoms with Crippen molar-refractivity contribution in [2.45, 2.75) is 40.2 Å². The Kier molecular flexibility index (Phi) is 11.8. The number of nitrogens with zero attached hydrogens (tertiary/aromatic N) is 3. The maximum atomic E-state index is 4.37. The molecule has 1 aromatic rings. The van der Waals surface area contributed by atoms with Crippen LogP contribution < -0.4 is 10.6 Å². The van der Waals surface area contributed by atoms with Crippen molar-refractivity contribution in [3.05, 3.63) is 16.1 Å². The largest absolute Gasteiger partial charge is 0.356 e. The third-order valence-corrected chi connectivity index (χ3v) is 4.50. The summed E-state index contributed by atoms with van der Waals surface area (Å²) in [6, 6.07) is 0.500. The van der Waals surface area contributed by atoms with E-state index in [2.05, 4.69) is 53.2 Å². The van der Waals surface area contributed by atoms with Crippen LogP contribution in [0.4, 0.5) is 0 Å². The average molecular weight is 439 g/mol. The second-order valence-corrected chi connectivity index (χ2v) is 6.38. The standard InChI is InChI=1S/C15H29N5S.HI/c1-6-20(7-2)12(3)10-19-15(16-5)17-9-8-14-18-11-13(4)21-14;/h11-12H,6-10H2,1-5H3,(H2,16,17,19);1H. The van der Waals surface area contributed by atoms with E-state index >= 15 is 0 Å². The monoisotopic (exact) mass is 439 g/mol. The zero-order valence-corrected chi connectivity index (χ0v) is 17.5. The molecule has 1 rings (SSSR count). The number of aliphatic imine (C=N–C) groups is 1. The smallest absolute Gasteiger partial charge is 0.191 e. The number of thiazole rings is 1. The van der Waals surface area contributed by atoms with Crippen LogP contribution in [-0.2, 0) is 6.42 Å². The van der Waals surface area contributed by atoms with Crippen molar-refractivity contribution in [3.8, 4) is 0 Å². The molecule has 0 radical (unpaired) electrons. The maximum Gasteiger partial charge on any atom is 0.191 e. The van der Waals surface area contributed by atoms with Gasteiger partial charge in [0, 0.05) is 43.7 Å². The highest BCUT2D eigenvalue weighted by Crippen LogP contribution is 2.10. The van der Waals surface area contributed by atoms with E-state index < -0.39 is 0 Å². The summed E-state index contributed by atoms with van der Waals surface area (Å²) in [5.74, 6) is 0.863. The molecule has 1 heterocycles. The lowest BCUT2D eigenvalue weighted by Crippen LogP contribution is -2.46. The summed E-state index contributed by atoms with van der Waals surface area (Å²) in [7, 11) is 1.81. The van der Waals surface area contributed by atoms with Crippen LogP contribution in [0.25, 0.3) is 0 Å². The molecule has 128 valence electrons. The summed E-state index contributed by atoms with van der Waals surface area (Å²) in [6.45, 7) is 12.6. The van der Waals surface area contributed by atoms with E-state index in [1.54, 1.807) is 11.3 Å². The molecule has 0 amide bonds. The second-order valence-electron chi connectivity index (χ2n) is 5.06. The minimum Gasteiger partial charge on any atom is -0.356 e. The van der Waals surface area contributed by atoms with Crippen LogP contribution in [-0.4, -0.2) is 55.1 Å². The molecule has 0 fully saturated rings. The van der Waals surface area contributed by atoms with Crippen LogP contribution in [0, 0.1) is 6.92 Å². The Balaban J connectivity index is 0.00000441. The molecule has 1 atom stereocenters. The summed E-state index contributed by atoms with van der Waals surface area (Å²) < 4.78 is 0. The lowest BCUT2D eigenvalue weighted by Gasteiger charge is -2.27. The third kappa shape index (κ3) is 7.73. The SMILES string of the molecule is CCN(CC)C(C)CNC(=NC)NCCc1ncc(C)s1.I. The lowest BCUT2D eigenvalue weighted by atomic mass is 10.3. The van der Waals surface area contributed by atoms with Crippen LogP contribution in [0.2, 0.25) is 0 Å². The quantitative estimate of drug-likeness (QED) is 0.371. The Bertz CT molecular complexity index is 431. The number of likely N-dealkylation sites (N-methyl/N-ethyl adjacent to an activating group) is 1. The minimum absolute atomic E-state index is 0. The maximum absolute atomic E-state index is 4.37. The van der Waals surface area contributed by atoms with Crippen molar-refractivity contribution >= 4 is 41.3 Å². The molecular formula is C15H30IN5S. The fourth-order valence-corrected chi connectivity index (χ4v) is 3.03. The van der Waals surface area contributed by atoms with Gasteiger partial charge in [-0.3, -0.25) is 9.89 Å². The normalized spacial score (nSPS) is 12.9. The van der Waals surface area contributed by atoms with E-state index in [-0.39, 0.29) is 24.0 Å². The Morgan fingerprint density at radius 1 is 1.36 bits per heavy atom. The molecule has 0 saturated carbocycles. The summed E-state index contributed by atoms with van der Waals surface area (Å²) >= 11 is 1.76.